The summed E-state index contributed by atoms with van der Waals surface area (Å²) in [5.74, 6) is -0.939. The molecule has 2 heterocycles. The van der Waals surface area contributed by atoms with Crippen molar-refractivity contribution < 1.29 is 28.6 Å². The van der Waals surface area contributed by atoms with Crippen molar-refractivity contribution in [1.82, 2.24) is 15.6 Å². The minimum Gasteiger partial charge on any atom is -0.497 e. The lowest BCUT2D eigenvalue weighted by molar-refractivity contribution is -0.150. The Morgan fingerprint density at radius 2 is 1.82 bits per heavy atom. The highest BCUT2D eigenvalue weighted by molar-refractivity contribution is 5.95. The van der Waals surface area contributed by atoms with Crippen molar-refractivity contribution in [2.45, 2.75) is 57.1 Å². The number of nitrogens with one attached hydrogen (secondary N) is 2. The van der Waals surface area contributed by atoms with Gasteiger partial charge < -0.3 is 24.8 Å². The maximum absolute atomic E-state index is 13.9. The van der Waals surface area contributed by atoms with Crippen LogP contribution >= 0.6 is 0 Å². The average Bonchev–Trinajstić information content (AvgIpc) is 3.57. The van der Waals surface area contributed by atoms with Crippen molar-refractivity contribution >= 4 is 28.7 Å². The number of fused-ring (bicyclic) bond motifs is 3. The number of ether oxygens (including phenoxy) is 3. The molecule has 2 amide bonds. The molecule has 5 unspecified atom stereocenters. The van der Waals surface area contributed by atoms with Gasteiger partial charge in [-0.3, -0.25) is 9.59 Å². The van der Waals surface area contributed by atoms with E-state index in [0.717, 1.165) is 41.4 Å². The lowest BCUT2D eigenvalue weighted by Gasteiger charge is -2.23. The molecule has 2 aromatic carbocycles. The van der Waals surface area contributed by atoms with Crippen LogP contribution in [-0.4, -0.2) is 54.7 Å². The lowest BCUT2D eigenvalue weighted by Crippen LogP contribution is -2.50. The number of amides is 2. The molecule has 3 aliphatic rings. The molecule has 1 aromatic heterocycles. The zero-order valence-electron chi connectivity index (χ0n) is 25.2. The molecule has 3 aromatic rings. The van der Waals surface area contributed by atoms with E-state index >= 15 is 0 Å². The van der Waals surface area contributed by atoms with E-state index in [1.54, 1.807) is 14.0 Å². The van der Waals surface area contributed by atoms with Gasteiger partial charge >= 0.3 is 5.97 Å². The molecule has 0 bridgehead atoms. The van der Waals surface area contributed by atoms with Crippen LogP contribution in [0.4, 0.5) is 0 Å². The fraction of sp³-hybridized carbons (Fsp3) is 0.429. The number of pyridine rings is 1. The third kappa shape index (κ3) is 6.00. The van der Waals surface area contributed by atoms with E-state index in [1.807, 2.05) is 60.7 Å². The number of carbonyl (C=O) groups excluding carboxylic acids is 3. The van der Waals surface area contributed by atoms with Crippen LogP contribution in [0.1, 0.15) is 45.4 Å². The van der Waals surface area contributed by atoms with Crippen LogP contribution in [0, 0.1) is 17.8 Å². The highest BCUT2D eigenvalue weighted by atomic mass is 16.5. The third-order valence-electron chi connectivity index (χ3n) is 9.00. The fourth-order valence-electron chi connectivity index (χ4n) is 6.52. The molecule has 5 atom stereocenters. The first-order valence-corrected chi connectivity index (χ1v) is 15.6. The zero-order chi connectivity index (χ0) is 30.7. The number of hydrogen-bond acceptors (Lipinski definition) is 7. The third-order valence-corrected chi connectivity index (χ3v) is 9.00. The summed E-state index contributed by atoms with van der Waals surface area (Å²) >= 11 is 0. The molecule has 0 radical (unpaired) electrons. The van der Waals surface area contributed by atoms with Crippen molar-refractivity contribution in [1.29, 1.82) is 0 Å². The largest absolute Gasteiger partial charge is 0.497 e. The van der Waals surface area contributed by atoms with Gasteiger partial charge in [-0.15, -0.1) is 0 Å². The highest BCUT2D eigenvalue weighted by Crippen LogP contribution is 2.47. The monoisotopic (exact) mass is 597 g/mol. The van der Waals surface area contributed by atoms with E-state index in [4.69, 9.17) is 19.2 Å². The van der Waals surface area contributed by atoms with Gasteiger partial charge in [-0.2, -0.15) is 0 Å². The normalized spacial score (nSPS) is 27.6. The molecular weight excluding hydrogens is 558 g/mol. The van der Waals surface area contributed by atoms with Gasteiger partial charge in [0.25, 0.3) is 0 Å². The molecule has 2 fully saturated rings. The summed E-state index contributed by atoms with van der Waals surface area (Å²) in [4.78, 5) is 45.3. The fourth-order valence-corrected chi connectivity index (χ4v) is 6.52. The first-order chi connectivity index (χ1) is 21.4. The summed E-state index contributed by atoms with van der Waals surface area (Å²) < 4.78 is 17.5. The number of hydrogen-bond donors (Lipinski definition) is 2. The van der Waals surface area contributed by atoms with Gasteiger partial charge in [-0.1, -0.05) is 42.5 Å². The first kappa shape index (κ1) is 29.7. The summed E-state index contributed by atoms with van der Waals surface area (Å²) in [6.07, 6.45) is 7.49. The van der Waals surface area contributed by atoms with Crippen LogP contribution in [0.3, 0.4) is 0 Å². The Morgan fingerprint density at radius 1 is 1.02 bits per heavy atom. The molecule has 2 saturated carbocycles. The van der Waals surface area contributed by atoms with E-state index in [-0.39, 0.29) is 24.3 Å². The van der Waals surface area contributed by atoms with Crippen LogP contribution in [-0.2, 0) is 19.1 Å². The van der Waals surface area contributed by atoms with Gasteiger partial charge in [0, 0.05) is 35.5 Å². The molecule has 0 spiro atoms. The Labute approximate surface area is 257 Å². The number of aromatic nitrogens is 1. The average molecular weight is 598 g/mol. The molecule has 44 heavy (non-hydrogen) atoms. The minimum absolute atomic E-state index is 0.120. The maximum Gasteiger partial charge on any atom is 0.332 e. The number of carbonyl (C=O) groups is 3. The molecule has 9 heteroatoms. The number of methoxy groups -OCH3 is 1. The van der Waals surface area contributed by atoms with Crippen LogP contribution in [0.15, 0.2) is 66.7 Å². The Morgan fingerprint density at radius 3 is 2.59 bits per heavy atom. The molecule has 9 nitrogen and oxygen atoms in total. The molecule has 0 saturated heterocycles. The second kappa shape index (κ2) is 12.7. The van der Waals surface area contributed by atoms with Gasteiger partial charge in [0.1, 0.15) is 23.1 Å². The molecule has 2 aliphatic carbocycles. The van der Waals surface area contributed by atoms with Crippen LogP contribution in [0.5, 0.6) is 11.5 Å². The predicted molar refractivity (Wildman–Crippen MR) is 166 cm³/mol. The van der Waals surface area contributed by atoms with Crippen molar-refractivity contribution in [3.8, 4) is 22.8 Å². The number of esters is 1. The van der Waals surface area contributed by atoms with E-state index < -0.39 is 29.4 Å². The highest BCUT2D eigenvalue weighted by Gasteiger charge is 2.62. The predicted octanol–water partition coefficient (Wildman–Crippen LogP) is 4.98. The Hall–Kier alpha value is -4.40. The summed E-state index contributed by atoms with van der Waals surface area (Å²) in [7, 11) is 1.62. The van der Waals surface area contributed by atoms with E-state index in [0.29, 0.717) is 37.3 Å². The van der Waals surface area contributed by atoms with Crippen molar-refractivity contribution in [3.63, 3.8) is 0 Å². The van der Waals surface area contributed by atoms with E-state index in [9.17, 15) is 14.4 Å². The van der Waals surface area contributed by atoms with Gasteiger partial charge in [0.2, 0.25) is 11.8 Å². The van der Waals surface area contributed by atoms with Gasteiger partial charge in [0.05, 0.1) is 36.8 Å². The summed E-state index contributed by atoms with van der Waals surface area (Å²) in [5.41, 5.74) is 1.32. The topological polar surface area (TPSA) is 116 Å². The molecule has 2 N–H and O–H groups in total. The van der Waals surface area contributed by atoms with Crippen molar-refractivity contribution in [3.05, 3.63) is 66.7 Å². The quantitative estimate of drug-likeness (QED) is 0.304. The number of rotatable bonds is 6. The standard InChI is InChI=1S/C35H39N3O6/c1-3-43-34(41)35-21-23(35)13-9-4-5-10-16-36-32(39)27-17-25(18-28(27)33(40)38-35)44-31-20-29(22-11-7-6-8-12-22)37-30-19-24(42-2)14-15-26(30)31/h6-9,11-15,19-20,23,25,27-28H,3-5,10,16-18,21H2,1-2H3,(H,36,39)(H,38,40)/b13-9-. The van der Waals surface area contributed by atoms with Crippen LogP contribution in [0.25, 0.3) is 22.2 Å². The SMILES string of the molecule is CCOC(=O)C12CC1/C=C\CCCCNC(=O)C1CC(Oc3cc(-c4ccccc4)nc4cc(OC)ccc34)CC1C(=O)N2. The minimum atomic E-state index is -1.08. The van der Waals surface area contributed by atoms with Gasteiger partial charge in [-0.05, 0) is 57.6 Å². The molecule has 6 rings (SSSR count). The smallest absolute Gasteiger partial charge is 0.332 e. The summed E-state index contributed by atoms with van der Waals surface area (Å²) in [6, 6.07) is 17.4. The molecule has 1 aliphatic heterocycles. The number of nitrogens with zero attached hydrogens (tertiary/aromatic N) is 1. The lowest BCUT2D eigenvalue weighted by atomic mass is 9.93. The second-order valence-electron chi connectivity index (χ2n) is 11.9. The Balaban J connectivity index is 1.30. The molecular formula is C35H39N3O6. The van der Waals surface area contributed by atoms with Crippen LogP contribution in [0.2, 0.25) is 0 Å². The summed E-state index contributed by atoms with van der Waals surface area (Å²) in [6.45, 7) is 2.54. The van der Waals surface area contributed by atoms with Crippen molar-refractivity contribution in [2.75, 3.05) is 20.3 Å². The zero-order valence-corrected chi connectivity index (χ0v) is 25.2. The molecule has 230 valence electrons. The number of allylic oxidation sites excluding steroid dienone is 1. The van der Waals surface area contributed by atoms with E-state index in [2.05, 4.69) is 16.7 Å². The number of benzene rings is 2. The second-order valence-corrected chi connectivity index (χ2v) is 11.9. The Bertz CT molecular complexity index is 1570. The Kier molecular flexibility index (Phi) is 8.55. The van der Waals surface area contributed by atoms with Crippen LogP contribution < -0.4 is 20.1 Å². The summed E-state index contributed by atoms with van der Waals surface area (Å²) in [5, 5.41) is 6.89. The van der Waals surface area contributed by atoms with E-state index in [1.165, 1.54) is 0 Å². The van der Waals surface area contributed by atoms with Gasteiger partial charge in [0.15, 0.2) is 0 Å². The first-order valence-electron chi connectivity index (χ1n) is 15.6. The van der Waals surface area contributed by atoms with Gasteiger partial charge in [-0.25, -0.2) is 9.78 Å². The van der Waals surface area contributed by atoms with Crippen molar-refractivity contribution in [2.24, 2.45) is 17.8 Å². The maximum atomic E-state index is 13.9.